The van der Waals surface area contributed by atoms with E-state index >= 15 is 0 Å². The number of rotatable bonds is 6. The first-order chi connectivity index (χ1) is 15.7. The van der Waals surface area contributed by atoms with Crippen LogP contribution in [0.1, 0.15) is 16.6 Å². The van der Waals surface area contributed by atoms with Crippen LogP contribution in [0.2, 0.25) is 0 Å². The smallest absolute Gasteiger partial charge is 0.490 e. The lowest BCUT2D eigenvalue weighted by Gasteiger charge is -2.20. The van der Waals surface area contributed by atoms with Gasteiger partial charge in [-0.25, -0.2) is 9.78 Å². The summed E-state index contributed by atoms with van der Waals surface area (Å²) in [5, 5.41) is 12.4. The predicted molar refractivity (Wildman–Crippen MR) is 115 cm³/mol. The Hall–Kier alpha value is -2.86. The number of ether oxygens (including phenoxy) is 2. The van der Waals surface area contributed by atoms with Crippen LogP contribution in [0.3, 0.4) is 0 Å². The Bertz CT molecular complexity index is 941. The van der Waals surface area contributed by atoms with Crippen LogP contribution >= 0.6 is 11.3 Å². The third-order valence-electron chi connectivity index (χ3n) is 5.30. The molecule has 2 aliphatic rings. The third kappa shape index (κ3) is 6.35. The summed E-state index contributed by atoms with van der Waals surface area (Å²) in [5.41, 5.74) is 0. The Kier molecular flexibility index (Phi) is 8.14. The van der Waals surface area contributed by atoms with E-state index in [-0.39, 0.29) is 12.0 Å². The number of alkyl halides is 3. The molecule has 0 saturated carbocycles. The van der Waals surface area contributed by atoms with Crippen LogP contribution in [-0.2, 0) is 9.53 Å². The Morgan fingerprint density at radius 1 is 1.33 bits per heavy atom. The van der Waals surface area contributed by atoms with Gasteiger partial charge >= 0.3 is 12.1 Å². The number of carboxylic acids is 1. The molecule has 0 aliphatic carbocycles. The van der Waals surface area contributed by atoms with E-state index < -0.39 is 12.1 Å². The fourth-order valence-corrected chi connectivity index (χ4v) is 4.54. The zero-order valence-corrected chi connectivity index (χ0v) is 18.6. The van der Waals surface area contributed by atoms with Crippen LogP contribution in [0.5, 0.6) is 5.75 Å². The molecule has 4 rings (SSSR count). The van der Waals surface area contributed by atoms with E-state index in [1.165, 1.54) is 11.3 Å². The molecule has 12 heteroatoms. The van der Waals surface area contributed by atoms with Crippen LogP contribution < -0.4 is 10.1 Å². The first kappa shape index (κ1) is 24.8. The average molecular weight is 488 g/mol. The second-order valence-corrected chi connectivity index (χ2v) is 8.37. The van der Waals surface area contributed by atoms with Crippen molar-refractivity contribution in [3.05, 3.63) is 40.7 Å². The van der Waals surface area contributed by atoms with Gasteiger partial charge in [-0.1, -0.05) is 6.07 Å². The fraction of sp³-hybridized carbons (Fsp3) is 0.476. The van der Waals surface area contributed by atoms with Crippen LogP contribution in [0, 0.1) is 11.8 Å². The monoisotopic (exact) mass is 487 g/mol. The maximum absolute atomic E-state index is 12.9. The van der Waals surface area contributed by atoms with E-state index in [0.29, 0.717) is 35.6 Å². The number of amides is 1. The number of hydrogen-bond acceptors (Lipinski definition) is 7. The number of carbonyl (C=O) groups is 2. The number of hydrogen-bond donors (Lipinski definition) is 2. The third-order valence-corrected chi connectivity index (χ3v) is 6.19. The number of aromatic nitrogens is 1. The summed E-state index contributed by atoms with van der Waals surface area (Å²) in [6, 6.07) is 7.70. The van der Waals surface area contributed by atoms with Gasteiger partial charge in [0.05, 0.1) is 19.3 Å². The Balaban J connectivity index is 0.000000383. The van der Waals surface area contributed by atoms with Crippen molar-refractivity contribution < 1.29 is 37.3 Å². The lowest BCUT2D eigenvalue weighted by Crippen LogP contribution is -2.32. The zero-order chi connectivity index (χ0) is 24.0. The molecule has 33 heavy (non-hydrogen) atoms. The van der Waals surface area contributed by atoms with Crippen molar-refractivity contribution >= 4 is 29.0 Å². The number of halogens is 3. The van der Waals surface area contributed by atoms with Crippen LogP contribution in [0.25, 0.3) is 0 Å². The number of anilines is 1. The van der Waals surface area contributed by atoms with Gasteiger partial charge in [-0.2, -0.15) is 13.2 Å². The highest BCUT2D eigenvalue weighted by Gasteiger charge is 2.45. The normalized spacial score (nSPS) is 21.7. The van der Waals surface area contributed by atoms with Crippen LogP contribution in [-0.4, -0.2) is 72.0 Å². The Labute approximate surface area is 192 Å². The molecular weight excluding hydrogens is 463 g/mol. The molecule has 0 unspecified atom stereocenters. The first-order valence-corrected chi connectivity index (χ1v) is 11.1. The SMILES string of the molecule is CCOc1ccsc1C(=O)N1C[C@@H]2[C@@H](CNc3ccccn3)CO[C@@H]2C1.O=C(O)C(F)(F)F. The number of pyridine rings is 1. The van der Waals surface area contributed by atoms with Crippen molar-refractivity contribution in [2.45, 2.75) is 19.2 Å². The van der Waals surface area contributed by atoms with E-state index in [0.717, 1.165) is 25.5 Å². The molecule has 4 heterocycles. The van der Waals surface area contributed by atoms with Crippen molar-refractivity contribution in [1.82, 2.24) is 9.88 Å². The highest BCUT2D eigenvalue weighted by molar-refractivity contribution is 7.12. The van der Waals surface area contributed by atoms with Crippen LogP contribution in [0.4, 0.5) is 19.0 Å². The summed E-state index contributed by atoms with van der Waals surface area (Å²) in [4.78, 5) is 28.7. The molecule has 3 atom stereocenters. The Morgan fingerprint density at radius 2 is 2.09 bits per heavy atom. The molecule has 2 aromatic heterocycles. The summed E-state index contributed by atoms with van der Waals surface area (Å²) >= 11 is 1.44. The van der Waals surface area contributed by atoms with Crippen molar-refractivity contribution in [3.63, 3.8) is 0 Å². The number of nitrogens with zero attached hydrogens (tertiary/aromatic N) is 2. The van der Waals surface area contributed by atoms with Gasteiger partial charge in [0.2, 0.25) is 0 Å². The van der Waals surface area contributed by atoms with Crippen molar-refractivity contribution in [2.75, 3.05) is 38.2 Å². The molecule has 2 N–H and O–H groups in total. The molecule has 0 radical (unpaired) electrons. The summed E-state index contributed by atoms with van der Waals surface area (Å²) in [6.07, 6.45) is -3.17. The second kappa shape index (κ2) is 10.8. The van der Waals surface area contributed by atoms with Gasteiger partial charge in [-0.05, 0) is 30.5 Å². The standard InChI is InChI=1S/C19H23N3O3S.C2HF3O2/c1-2-24-15-6-8-26-18(15)19(23)22-10-14-13(12-25-16(14)11-22)9-21-17-5-3-4-7-20-17;3-2(4,5)1(6)7/h3-8,13-14,16H,2,9-12H2,1H3,(H,20,21);(H,6,7)/t13-,14+,16+;/m0./s1. The summed E-state index contributed by atoms with van der Waals surface area (Å²) in [5.74, 6) is -0.388. The predicted octanol–water partition coefficient (Wildman–Crippen LogP) is 3.37. The lowest BCUT2D eigenvalue weighted by molar-refractivity contribution is -0.192. The highest BCUT2D eigenvalue weighted by Crippen LogP contribution is 2.36. The number of carbonyl (C=O) groups excluding carboxylic acids is 1. The van der Waals surface area contributed by atoms with Gasteiger partial charge < -0.3 is 24.8 Å². The van der Waals surface area contributed by atoms with Gasteiger partial charge in [-0.15, -0.1) is 11.3 Å². The summed E-state index contributed by atoms with van der Waals surface area (Å²) in [6.45, 7) is 5.43. The number of nitrogens with one attached hydrogen (secondary N) is 1. The lowest BCUT2D eigenvalue weighted by atomic mass is 9.93. The molecule has 1 amide bonds. The second-order valence-electron chi connectivity index (χ2n) is 7.45. The van der Waals surface area contributed by atoms with Gasteiger partial charge in [0.25, 0.3) is 5.91 Å². The minimum Gasteiger partial charge on any atom is -0.492 e. The van der Waals surface area contributed by atoms with E-state index in [1.807, 2.05) is 41.5 Å². The molecule has 2 aliphatic heterocycles. The Morgan fingerprint density at radius 3 is 2.73 bits per heavy atom. The molecule has 2 fully saturated rings. The van der Waals surface area contributed by atoms with Gasteiger partial charge in [0, 0.05) is 37.7 Å². The number of aliphatic carboxylic acids is 1. The molecular formula is C21H24F3N3O5S. The number of likely N-dealkylation sites (tertiary alicyclic amines) is 1. The van der Waals surface area contributed by atoms with Crippen molar-refractivity contribution in [3.8, 4) is 5.75 Å². The number of carboxylic acid groups (broad SMARTS) is 1. The maximum atomic E-state index is 12.9. The highest BCUT2D eigenvalue weighted by atomic mass is 32.1. The molecule has 180 valence electrons. The minimum absolute atomic E-state index is 0.0536. The maximum Gasteiger partial charge on any atom is 0.490 e. The van der Waals surface area contributed by atoms with E-state index in [2.05, 4.69) is 10.3 Å². The van der Waals surface area contributed by atoms with Crippen molar-refractivity contribution in [2.24, 2.45) is 11.8 Å². The topological polar surface area (TPSA) is 101 Å². The molecule has 0 bridgehead atoms. The van der Waals surface area contributed by atoms with Crippen molar-refractivity contribution in [1.29, 1.82) is 0 Å². The van der Waals surface area contributed by atoms with E-state index in [9.17, 15) is 18.0 Å². The molecule has 2 saturated heterocycles. The zero-order valence-electron chi connectivity index (χ0n) is 17.7. The number of fused-ring (bicyclic) bond motifs is 1. The summed E-state index contributed by atoms with van der Waals surface area (Å²) < 4.78 is 43.3. The molecule has 0 spiro atoms. The fourth-order valence-electron chi connectivity index (χ4n) is 3.74. The van der Waals surface area contributed by atoms with Gasteiger partial charge in [-0.3, -0.25) is 4.79 Å². The summed E-state index contributed by atoms with van der Waals surface area (Å²) in [7, 11) is 0. The largest absolute Gasteiger partial charge is 0.492 e. The minimum atomic E-state index is -5.08. The number of thiophene rings is 1. The molecule has 2 aromatic rings. The molecule has 8 nitrogen and oxygen atoms in total. The van der Waals surface area contributed by atoms with E-state index in [1.54, 1.807) is 6.20 Å². The van der Waals surface area contributed by atoms with Gasteiger partial charge in [0.15, 0.2) is 0 Å². The average Bonchev–Trinajstić information content (AvgIpc) is 3.49. The first-order valence-electron chi connectivity index (χ1n) is 10.3. The van der Waals surface area contributed by atoms with Gasteiger partial charge in [0.1, 0.15) is 16.4 Å². The quantitative estimate of drug-likeness (QED) is 0.644. The van der Waals surface area contributed by atoms with E-state index in [4.69, 9.17) is 19.4 Å². The van der Waals surface area contributed by atoms with Crippen LogP contribution in [0.15, 0.2) is 35.8 Å². The molecule has 0 aromatic carbocycles.